The van der Waals surface area contributed by atoms with Crippen molar-refractivity contribution in [1.82, 2.24) is 0 Å². The quantitative estimate of drug-likeness (QED) is 0.240. The Morgan fingerprint density at radius 1 is 1.35 bits per heavy atom. The Morgan fingerprint density at radius 2 is 1.94 bits per heavy atom. The van der Waals surface area contributed by atoms with E-state index in [2.05, 4.69) is 16.8 Å². The summed E-state index contributed by atoms with van der Waals surface area (Å²) in [7, 11) is 0. The van der Waals surface area contributed by atoms with Gasteiger partial charge in [0.1, 0.15) is 6.61 Å². The zero-order valence-electron chi connectivity index (χ0n) is 11.0. The van der Waals surface area contributed by atoms with Gasteiger partial charge in [0.15, 0.2) is 5.00 Å². The number of carbonyl (C=O) groups is 1. The minimum absolute atomic E-state index is 0.219. The van der Waals surface area contributed by atoms with Crippen molar-refractivity contribution in [2.75, 3.05) is 6.61 Å². The standard InChI is InChI=1S/C12H21ClN2O2/c1-6-9-17-10(16)7-8-12(5,13)15-14-11(2,3)4/h6H,1,7-9H2,2-5H3/b15-14+. The summed E-state index contributed by atoms with van der Waals surface area (Å²) in [4.78, 5) is 10.4. The van der Waals surface area contributed by atoms with E-state index in [1.807, 2.05) is 20.8 Å². The average molecular weight is 261 g/mol. The molecule has 0 radical (unpaired) electrons. The summed E-state index contributed by atoms with van der Waals surface area (Å²) in [5.41, 5.74) is -0.264. The van der Waals surface area contributed by atoms with Gasteiger partial charge >= 0.3 is 5.97 Å². The molecular weight excluding hydrogens is 240 g/mol. The van der Waals surface area contributed by atoms with Gasteiger partial charge < -0.3 is 4.74 Å². The molecular formula is C12H21ClN2O2. The van der Waals surface area contributed by atoms with Crippen LogP contribution in [0.3, 0.4) is 0 Å². The fraction of sp³-hybridized carbons (Fsp3) is 0.750. The Balaban J connectivity index is 4.13. The van der Waals surface area contributed by atoms with Crippen LogP contribution in [0.5, 0.6) is 0 Å². The fourth-order valence-electron chi connectivity index (χ4n) is 0.859. The van der Waals surface area contributed by atoms with Gasteiger partial charge in [-0.1, -0.05) is 24.3 Å². The lowest BCUT2D eigenvalue weighted by Crippen LogP contribution is -2.18. The predicted molar refractivity (Wildman–Crippen MR) is 69.3 cm³/mol. The van der Waals surface area contributed by atoms with Gasteiger partial charge in [-0.05, 0) is 34.1 Å². The van der Waals surface area contributed by atoms with Gasteiger partial charge in [-0.25, -0.2) is 0 Å². The number of rotatable bonds is 6. The van der Waals surface area contributed by atoms with Gasteiger partial charge in [0, 0.05) is 6.42 Å². The molecule has 0 aliphatic heterocycles. The van der Waals surface area contributed by atoms with Crippen LogP contribution < -0.4 is 0 Å². The van der Waals surface area contributed by atoms with E-state index < -0.39 is 5.00 Å². The number of nitrogens with zero attached hydrogens (tertiary/aromatic N) is 2. The summed E-state index contributed by atoms with van der Waals surface area (Å²) in [6, 6.07) is 0. The normalized spacial score (nSPS) is 15.6. The van der Waals surface area contributed by atoms with E-state index in [1.54, 1.807) is 6.92 Å². The van der Waals surface area contributed by atoms with Crippen LogP contribution in [-0.2, 0) is 9.53 Å². The van der Waals surface area contributed by atoms with E-state index in [0.29, 0.717) is 6.42 Å². The topological polar surface area (TPSA) is 51.0 Å². The molecule has 5 heteroatoms. The van der Waals surface area contributed by atoms with Crippen LogP contribution in [0.2, 0.25) is 0 Å². The second-order valence-corrected chi connectivity index (χ2v) is 5.80. The maximum absolute atomic E-state index is 11.2. The number of halogens is 1. The van der Waals surface area contributed by atoms with Crippen molar-refractivity contribution in [3.63, 3.8) is 0 Å². The van der Waals surface area contributed by atoms with Crippen molar-refractivity contribution >= 4 is 17.6 Å². The Hall–Kier alpha value is -0.900. The zero-order chi connectivity index (χ0) is 13.5. The molecule has 0 aromatic heterocycles. The van der Waals surface area contributed by atoms with E-state index >= 15 is 0 Å². The average Bonchev–Trinajstić information content (AvgIpc) is 2.20. The maximum Gasteiger partial charge on any atom is 0.306 e. The largest absolute Gasteiger partial charge is 0.461 e. The third kappa shape index (κ3) is 10.00. The zero-order valence-corrected chi connectivity index (χ0v) is 11.8. The number of azo groups is 1. The summed E-state index contributed by atoms with van der Waals surface area (Å²) in [5, 5.41) is 8.14. The van der Waals surface area contributed by atoms with Crippen LogP contribution in [0.4, 0.5) is 0 Å². The van der Waals surface area contributed by atoms with Gasteiger partial charge in [0.25, 0.3) is 0 Å². The van der Waals surface area contributed by atoms with E-state index in [-0.39, 0.29) is 24.5 Å². The summed E-state index contributed by atoms with van der Waals surface area (Å²) in [6.45, 7) is 11.2. The first-order valence-corrected chi connectivity index (χ1v) is 5.93. The van der Waals surface area contributed by atoms with E-state index in [1.165, 1.54) is 6.08 Å². The molecule has 4 nitrogen and oxygen atoms in total. The van der Waals surface area contributed by atoms with Crippen molar-refractivity contribution in [1.29, 1.82) is 0 Å². The molecule has 0 fully saturated rings. The minimum atomic E-state index is -0.861. The molecule has 0 aromatic rings. The second-order valence-electron chi connectivity index (χ2n) is 4.98. The lowest BCUT2D eigenvalue weighted by Gasteiger charge is -2.18. The van der Waals surface area contributed by atoms with Crippen LogP contribution in [0.25, 0.3) is 0 Å². The molecule has 98 valence electrons. The molecule has 0 heterocycles. The third-order valence-corrected chi connectivity index (χ3v) is 1.97. The van der Waals surface area contributed by atoms with Crippen LogP contribution in [0, 0.1) is 0 Å². The highest BCUT2D eigenvalue weighted by molar-refractivity contribution is 6.23. The van der Waals surface area contributed by atoms with Crippen LogP contribution in [-0.4, -0.2) is 23.1 Å². The molecule has 0 spiro atoms. The smallest absolute Gasteiger partial charge is 0.306 e. The molecule has 0 aromatic carbocycles. The molecule has 0 saturated carbocycles. The van der Waals surface area contributed by atoms with Crippen LogP contribution in [0.15, 0.2) is 22.9 Å². The summed E-state index contributed by atoms with van der Waals surface area (Å²) in [5.74, 6) is -0.303. The van der Waals surface area contributed by atoms with Crippen molar-refractivity contribution < 1.29 is 9.53 Å². The molecule has 1 unspecified atom stereocenters. The highest BCUT2D eigenvalue weighted by Gasteiger charge is 2.23. The molecule has 17 heavy (non-hydrogen) atoms. The van der Waals surface area contributed by atoms with Crippen molar-refractivity contribution in [2.45, 2.75) is 51.1 Å². The highest BCUT2D eigenvalue weighted by atomic mass is 35.5. The Bertz CT molecular complexity index is 293. The van der Waals surface area contributed by atoms with Gasteiger partial charge in [-0.15, -0.1) is 0 Å². The molecule has 0 saturated heterocycles. The summed E-state index contributed by atoms with van der Waals surface area (Å²) >= 11 is 6.13. The number of hydrogen-bond acceptors (Lipinski definition) is 4. The second kappa shape index (κ2) is 6.74. The molecule has 0 aliphatic carbocycles. The van der Waals surface area contributed by atoms with E-state index in [9.17, 15) is 4.79 Å². The summed E-state index contributed by atoms with van der Waals surface area (Å²) in [6.07, 6.45) is 2.14. The number of carbonyl (C=O) groups excluding carboxylic acids is 1. The molecule has 1 atom stereocenters. The number of esters is 1. The lowest BCUT2D eigenvalue weighted by molar-refractivity contribution is -0.142. The molecule has 0 amide bonds. The third-order valence-electron chi connectivity index (χ3n) is 1.71. The molecule has 0 aliphatic rings. The lowest BCUT2D eigenvalue weighted by atomic mass is 10.1. The van der Waals surface area contributed by atoms with Gasteiger partial charge in [0.05, 0.1) is 5.54 Å². The van der Waals surface area contributed by atoms with Crippen molar-refractivity contribution in [3.8, 4) is 0 Å². The fourth-order valence-corrected chi connectivity index (χ4v) is 0.991. The SMILES string of the molecule is C=CCOC(=O)CCC(C)(Cl)/N=N/C(C)(C)C. The van der Waals surface area contributed by atoms with E-state index in [0.717, 1.165) is 0 Å². The van der Waals surface area contributed by atoms with Crippen LogP contribution >= 0.6 is 11.6 Å². The van der Waals surface area contributed by atoms with E-state index in [4.69, 9.17) is 16.3 Å². The van der Waals surface area contributed by atoms with Gasteiger partial charge in [-0.2, -0.15) is 10.2 Å². The molecule has 0 N–H and O–H groups in total. The number of hydrogen-bond donors (Lipinski definition) is 0. The van der Waals surface area contributed by atoms with Gasteiger partial charge in [-0.3, -0.25) is 4.79 Å². The molecule has 0 bridgehead atoms. The highest BCUT2D eigenvalue weighted by Crippen LogP contribution is 2.25. The maximum atomic E-state index is 11.2. The molecule has 0 rings (SSSR count). The first kappa shape index (κ1) is 16.1. The van der Waals surface area contributed by atoms with Crippen molar-refractivity contribution in [2.24, 2.45) is 10.2 Å². The monoisotopic (exact) mass is 260 g/mol. The number of ether oxygens (including phenoxy) is 1. The number of alkyl halides is 1. The first-order valence-electron chi connectivity index (χ1n) is 5.56. The minimum Gasteiger partial charge on any atom is -0.461 e. The summed E-state index contributed by atoms with van der Waals surface area (Å²) < 4.78 is 4.84. The van der Waals surface area contributed by atoms with Crippen LogP contribution in [0.1, 0.15) is 40.5 Å². The van der Waals surface area contributed by atoms with Gasteiger partial charge in [0.2, 0.25) is 0 Å². The predicted octanol–water partition coefficient (Wildman–Crippen LogP) is 3.70. The first-order chi connectivity index (χ1) is 7.66. The Morgan fingerprint density at radius 3 is 2.41 bits per heavy atom. The Labute approximate surface area is 108 Å². The Kier molecular flexibility index (Phi) is 6.39. The van der Waals surface area contributed by atoms with Crippen molar-refractivity contribution in [3.05, 3.63) is 12.7 Å².